The van der Waals surface area contributed by atoms with Crippen molar-refractivity contribution in [1.29, 1.82) is 0 Å². The minimum Gasteiger partial charge on any atom is -0.469 e. The number of hydrogen-bond acceptors (Lipinski definition) is 8. The Morgan fingerprint density at radius 2 is 2.06 bits per heavy atom. The van der Waals surface area contributed by atoms with E-state index in [4.69, 9.17) is 15.9 Å². The van der Waals surface area contributed by atoms with Gasteiger partial charge < -0.3 is 14.8 Å². The molecule has 0 spiro atoms. The fourth-order valence-electron chi connectivity index (χ4n) is 4.04. The lowest BCUT2D eigenvalue weighted by atomic mass is 9.85. The molecule has 0 radical (unpaired) electrons. The lowest BCUT2D eigenvalue weighted by Gasteiger charge is -2.29. The van der Waals surface area contributed by atoms with E-state index in [9.17, 15) is 13.2 Å². The molecule has 0 amide bonds. The summed E-state index contributed by atoms with van der Waals surface area (Å²) in [6, 6.07) is 3.40. The first-order valence-electron chi connectivity index (χ1n) is 10.5. The Morgan fingerprint density at radius 1 is 1.21 bits per heavy atom. The van der Waals surface area contributed by atoms with Crippen LogP contribution in [0.1, 0.15) is 48.7 Å². The summed E-state index contributed by atoms with van der Waals surface area (Å²) in [6.07, 6.45) is 4.39. The summed E-state index contributed by atoms with van der Waals surface area (Å²) in [5.74, 6) is 2.85. The molecule has 2 fully saturated rings. The van der Waals surface area contributed by atoms with Gasteiger partial charge in [-0.05, 0) is 37.3 Å². The van der Waals surface area contributed by atoms with Crippen LogP contribution in [0.15, 0.2) is 18.3 Å². The standard InChI is InChI=1S/C21H20F3N7O2/c1-2-13-6-7-17-28-29-18(31(17)30-13)12-4-3-5-14(8-12)26-20-25-9-16(21(22,23)24)19(27-20)33-15-10-32-11-15/h1,6-7,9,12,14-15H,3-5,8,10-11H2,(H,25,26,27)/t12-,14+/m0/s1. The molecule has 4 heterocycles. The van der Waals surface area contributed by atoms with Crippen LogP contribution in [0.4, 0.5) is 19.1 Å². The highest BCUT2D eigenvalue weighted by Crippen LogP contribution is 2.37. The quantitative estimate of drug-likeness (QED) is 0.582. The van der Waals surface area contributed by atoms with Gasteiger partial charge in [-0.15, -0.1) is 16.6 Å². The van der Waals surface area contributed by atoms with E-state index in [0.29, 0.717) is 23.6 Å². The number of nitrogens with one attached hydrogen (secondary N) is 1. The van der Waals surface area contributed by atoms with E-state index in [1.165, 1.54) is 0 Å². The van der Waals surface area contributed by atoms with Gasteiger partial charge in [0.2, 0.25) is 11.8 Å². The van der Waals surface area contributed by atoms with Gasteiger partial charge in [0.1, 0.15) is 17.4 Å². The van der Waals surface area contributed by atoms with Crippen LogP contribution in [-0.2, 0) is 10.9 Å². The van der Waals surface area contributed by atoms with Gasteiger partial charge in [-0.25, -0.2) is 4.98 Å². The number of rotatable bonds is 5. The molecule has 1 aliphatic heterocycles. The van der Waals surface area contributed by atoms with Gasteiger partial charge in [0.15, 0.2) is 11.5 Å². The first-order chi connectivity index (χ1) is 15.9. The first-order valence-corrected chi connectivity index (χ1v) is 10.5. The third kappa shape index (κ3) is 4.41. The number of anilines is 1. The number of nitrogens with zero attached hydrogens (tertiary/aromatic N) is 6. The van der Waals surface area contributed by atoms with Crippen molar-refractivity contribution in [3.63, 3.8) is 0 Å². The van der Waals surface area contributed by atoms with Gasteiger partial charge in [0, 0.05) is 18.2 Å². The average Bonchev–Trinajstić information content (AvgIpc) is 3.19. The molecule has 12 heteroatoms. The molecule has 3 aromatic heterocycles. The second-order valence-electron chi connectivity index (χ2n) is 8.08. The van der Waals surface area contributed by atoms with Crippen LogP contribution < -0.4 is 10.1 Å². The lowest BCUT2D eigenvalue weighted by molar-refractivity contribution is -0.142. The van der Waals surface area contributed by atoms with Crippen LogP contribution >= 0.6 is 0 Å². The second-order valence-corrected chi connectivity index (χ2v) is 8.08. The molecule has 1 saturated heterocycles. The summed E-state index contributed by atoms with van der Waals surface area (Å²) in [6.45, 7) is 0.464. The number of halogens is 3. The normalized spacial score (nSPS) is 21.4. The summed E-state index contributed by atoms with van der Waals surface area (Å²) in [5.41, 5.74) is 0.0790. The van der Waals surface area contributed by atoms with E-state index >= 15 is 0 Å². The Labute approximate surface area is 186 Å². The zero-order chi connectivity index (χ0) is 23.0. The van der Waals surface area contributed by atoms with Crippen molar-refractivity contribution in [2.75, 3.05) is 18.5 Å². The van der Waals surface area contributed by atoms with Crippen LogP contribution in [0.2, 0.25) is 0 Å². The fraction of sp³-hybridized carbons (Fsp3) is 0.476. The smallest absolute Gasteiger partial charge is 0.423 e. The molecule has 0 unspecified atom stereocenters. The molecule has 1 aliphatic carbocycles. The van der Waals surface area contributed by atoms with E-state index < -0.39 is 23.7 Å². The molecule has 33 heavy (non-hydrogen) atoms. The van der Waals surface area contributed by atoms with Crippen LogP contribution in [0.25, 0.3) is 5.65 Å². The molecule has 1 N–H and O–H groups in total. The van der Waals surface area contributed by atoms with Gasteiger partial charge in [-0.1, -0.05) is 6.42 Å². The second kappa shape index (κ2) is 8.47. The number of terminal acetylenes is 1. The Balaban J connectivity index is 1.34. The summed E-state index contributed by atoms with van der Waals surface area (Å²) in [7, 11) is 0. The van der Waals surface area contributed by atoms with E-state index in [1.54, 1.807) is 16.6 Å². The number of alkyl halides is 3. The summed E-state index contributed by atoms with van der Waals surface area (Å²) < 4.78 is 52.1. The third-order valence-corrected chi connectivity index (χ3v) is 5.75. The predicted molar refractivity (Wildman–Crippen MR) is 110 cm³/mol. The Hall–Kier alpha value is -3.46. The monoisotopic (exact) mass is 459 g/mol. The van der Waals surface area contributed by atoms with Crippen molar-refractivity contribution < 1.29 is 22.6 Å². The van der Waals surface area contributed by atoms with Gasteiger partial charge in [-0.2, -0.15) is 27.8 Å². The molecule has 172 valence electrons. The molecule has 3 aromatic rings. The largest absolute Gasteiger partial charge is 0.469 e. The third-order valence-electron chi connectivity index (χ3n) is 5.75. The Bertz CT molecular complexity index is 1200. The molecular formula is C21H20F3N7O2. The number of aromatic nitrogens is 6. The zero-order valence-corrected chi connectivity index (χ0v) is 17.4. The highest BCUT2D eigenvalue weighted by molar-refractivity contribution is 5.40. The van der Waals surface area contributed by atoms with Crippen LogP contribution in [0.3, 0.4) is 0 Å². The molecular weight excluding hydrogens is 439 g/mol. The van der Waals surface area contributed by atoms with Gasteiger partial charge >= 0.3 is 6.18 Å². The van der Waals surface area contributed by atoms with Crippen LogP contribution in [0, 0.1) is 12.3 Å². The summed E-state index contributed by atoms with van der Waals surface area (Å²) in [5, 5.41) is 16.0. The maximum atomic E-state index is 13.4. The van der Waals surface area contributed by atoms with Crippen LogP contribution in [-0.4, -0.2) is 55.1 Å². The number of fused-ring (bicyclic) bond motifs is 1. The van der Waals surface area contributed by atoms with Crippen molar-refractivity contribution in [1.82, 2.24) is 29.8 Å². The van der Waals surface area contributed by atoms with Crippen molar-refractivity contribution >= 4 is 11.6 Å². The fourth-order valence-corrected chi connectivity index (χ4v) is 4.04. The maximum Gasteiger partial charge on any atom is 0.423 e. The molecule has 0 bridgehead atoms. The van der Waals surface area contributed by atoms with Gasteiger partial charge in [0.05, 0.1) is 13.2 Å². The topological polar surface area (TPSA) is 99.4 Å². The molecule has 0 aromatic carbocycles. The Morgan fingerprint density at radius 3 is 2.79 bits per heavy atom. The summed E-state index contributed by atoms with van der Waals surface area (Å²) >= 11 is 0. The van der Waals surface area contributed by atoms with E-state index in [1.807, 2.05) is 0 Å². The highest BCUT2D eigenvalue weighted by atomic mass is 19.4. The van der Waals surface area contributed by atoms with Crippen molar-refractivity contribution in [3.05, 3.63) is 35.4 Å². The van der Waals surface area contributed by atoms with E-state index in [2.05, 4.69) is 36.5 Å². The van der Waals surface area contributed by atoms with Crippen molar-refractivity contribution in [3.8, 4) is 18.2 Å². The molecule has 1 saturated carbocycles. The minimum absolute atomic E-state index is 0.0454. The average molecular weight is 459 g/mol. The predicted octanol–water partition coefficient (Wildman–Crippen LogP) is 2.83. The van der Waals surface area contributed by atoms with E-state index in [0.717, 1.165) is 25.5 Å². The number of hydrogen-bond donors (Lipinski definition) is 1. The van der Waals surface area contributed by atoms with Crippen molar-refractivity contribution in [2.24, 2.45) is 0 Å². The SMILES string of the molecule is C#Cc1ccc2nnc([C@H]3CCC[C@@H](Nc4ncc(C(F)(F)F)c(OC5COC5)n4)C3)n2n1. The first kappa shape index (κ1) is 21.4. The summed E-state index contributed by atoms with van der Waals surface area (Å²) in [4.78, 5) is 7.92. The molecule has 5 rings (SSSR count). The van der Waals surface area contributed by atoms with Crippen LogP contribution in [0.5, 0.6) is 5.88 Å². The zero-order valence-electron chi connectivity index (χ0n) is 17.4. The molecule has 2 aliphatic rings. The molecule has 2 atom stereocenters. The molecule has 9 nitrogen and oxygen atoms in total. The van der Waals surface area contributed by atoms with Gasteiger partial charge in [0.25, 0.3) is 0 Å². The highest BCUT2D eigenvalue weighted by Gasteiger charge is 2.38. The van der Waals surface area contributed by atoms with Crippen molar-refractivity contribution in [2.45, 2.75) is 49.9 Å². The number of ether oxygens (including phenoxy) is 2. The lowest BCUT2D eigenvalue weighted by Crippen LogP contribution is -2.39. The Kier molecular flexibility index (Phi) is 5.49. The van der Waals surface area contributed by atoms with Gasteiger partial charge in [-0.3, -0.25) is 0 Å². The minimum atomic E-state index is -4.62. The van der Waals surface area contributed by atoms with E-state index in [-0.39, 0.29) is 31.1 Å². The maximum absolute atomic E-state index is 13.4.